The molecule has 2 fully saturated rings. The van der Waals surface area contributed by atoms with E-state index in [0.29, 0.717) is 31.7 Å². The lowest BCUT2D eigenvalue weighted by Gasteiger charge is -2.42. The van der Waals surface area contributed by atoms with E-state index in [4.69, 9.17) is 4.74 Å². The van der Waals surface area contributed by atoms with Crippen molar-refractivity contribution in [3.8, 4) is 0 Å². The van der Waals surface area contributed by atoms with E-state index in [0.717, 1.165) is 32.5 Å². The second kappa shape index (κ2) is 8.04. The smallest absolute Gasteiger partial charge is 0.225 e. The molecule has 5 nitrogen and oxygen atoms in total. The van der Waals surface area contributed by atoms with Crippen molar-refractivity contribution in [2.24, 2.45) is 0 Å². The van der Waals surface area contributed by atoms with Crippen molar-refractivity contribution >= 4 is 17.2 Å². The van der Waals surface area contributed by atoms with Gasteiger partial charge in [0.1, 0.15) is 5.82 Å². The van der Waals surface area contributed by atoms with Crippen LogP contribution in [-0.2, 0) is 22.6 Å². The van der Waals surface area contributed by atoms with E-state index in [1.807, 2.05) is 17.8 Å². The molecule has 0 radical (unpaired) electrons. The Hall–Kier alpha value is -1.83. The van der Waals surface area contributed by atoms with E-state index in [2.05, 4.69) is 9.88 Å². The molecule has 0 unspecified atom stereocenters. The maximum Gasteiger partial charge on any atom is 0.225 e. The Morgan fingerprint density at radius 2 is 2.04 bits per heavy atom. The number of halogens is 1. The molecule has 0 N–H and O–H groups in total. The number of thiazole rings is 1. The van der Waals surface area contributed by atoms with Gasteiger partial charge in [0.25, 0.3) is 0 Å². The number of amides is 1. The number of nitrogens with zero attached hydrogens (tertiary/aromatic N) is 3. The first-order valence-electron chi connectivity index (χ1n) is 9.38. The van der Waals surface area contributed by atoms with Gasteiger partial charge in [-0.15, -0.1) is 11.3 Å². The van der Waals surface area contributed by atoms with Gasteiger partial charge >= 0.3 is 0 Å². The van der Waals surface area contributed by atoms with Crippen LogP contribution in [0.5, 0.6) is 0 Å². The summed E-state index contributed by atoms with van der Waals surface area (Å²) in [5.74, 6) is -0.217. The van der Waals surface area contributed by atoms with Crippen LogP contribution in [0, 0.1) is 5.82 Å². The van der Waals surface area contributed by atoms with Crippen LogP contribution in [0.1, 0.15) is 29.7 Å². The first-order chi connectivity index (χ1) is 13.1. The molecule has 7 heteroatoms. The van der Waals surface area contributed by atoms with Crippen LogP contribution < -0.4 is 0 Å². The third-order valence-electron chi connectivity index (χ3n) is 5.51. The summed E-state index contributed by atoms with van der Waals surface area (Å²) in [5, 5.41) is 0. The number of likely N-dealkylation sites (tertiary alicyclic amines) is 1. The van der Waals surface area contributed by atoms with Gasteiger partial charge in [0.05, 0.1) is 30.7 Å². The molecule has 2 saturated heterocycles. The summed E-state index contributed by atoms with van der Waals surface area (Å²) in [6.45, 7) is 4.06. The number of hydrogen-bond donors (Lipinski definition) is 0. The van der Waals surface area contributed by atoms with Crippen molar-refractivity contribution in [2.75, 3.05) is 26.2 Å². The zero-order valence-electron chi connectivity index (χ0n) is 15.3. The molecule has 2 aliphatic rings. The highest BCUT2D eigenvalue weighted by molar-refractivity contribution is 7.09. The third kappa shape index (κ3) is 4.36. The minimum absolute atomic E-state index is 0.0437. The normalized spacial score (nSPS) is 20.8. The number of ether oxygens (including phenoxy) is 1. The van der Waals surface area contributed by atoms with E-state index in [-0.39, 0.29) is 17.3 Å². The lowest BCUT2D eigenvalue weighted by Crippen LogP contribution is -2.51. The average Bonchev–Trinajstić information content (AvgIpc) is 3.13. The minimum Gasteiger partial charge on any atom is -0.373 e. The highest BCUT2D eigenvalue weighted by Gasteiger charge is 2.40. The Labute approximate surface area is 162 Å². The molecular weight excluding hydrogens is 365 g/mol. The van der Waals surface area contributed by atoms with Crippen molar-refractivity contribution in [1.82, 2.24) is 14.8 Å². The van der Waals surface area contributed by atoms with Crippen LogP contribution in [-0.4, -0.2) is 52.5 Å². The predicted molar refractivity (Wildman–Crippen MR) is 102 cm³/mol. The van der Waals surface area contributed by atoms with E-state index in [1.54, 1.807) is 28.4 Å². The van der Waals surface area contributed by atoms with Crippen molar-refractivity contribution in [3.63, 3.8) is 0 Å². The number of hydrogen-bond acceptors (Lipinski definition) is 5. The number of aromatic nitrogens is 1. The average molecular weight is 389 g/mol. The van der Waals surface area contributed by atoms with Crippen LogP contribution in [0.15, 0.2) is 36.0 Å². The Kier molecular flexibility index (Phi) is 5.52. The van der Waals surface area contributed by atoms with Gasteiger partial charge in [-0.05, 0) is 18.9 Å². The summed E-state index contributed by atoms with van der Waals surface area (Å²) in [5.41, 5.74) is 2.11. The summed E-state index contributed by atoms with van der Waals surface area (Å²) in [7, 11) is 0. The van der Waals surface area contributed by atoms with Gasteiger partial charge in [0.15, 0.2) is 0 Å². The van der Waals surface area contributed by atoms with Crippen LogP contribution in [0.4, 0.5) is 4.39 Å². The van der Waals surface area contributed by atoms with Crippen molar-refractivity contribution in [1.29, 1.82) is 0 Å². The quantitative estimate of drug-likeness (QED) is 0.806. The molecule has 0 atom stereocenters. The maximum absolute atomic E-state index is 14.1. The van der Waals surface area contributed by atoms with Crippen LogP contribution in [0.25, 0.3) is 0 Å². The molecule has 0 saturated carbocycles. The number of piperidine rings is 1. The fourth-order valence-corrected chi connectivity index (χ4v) is 4.57. The fraction of sp³-hybridized carbons (Fsp3) is 0.500. The zero-order chi connectivity index (χ0) is 18.7. The molecule has 1 aromatic heterocycles. The predicted octanol–water partition coefficient (Wildman–Crippen LogP) is 3.07. The van der Waals surface area contributed by atoms with Crippen LogP contribution >= 0.6 is 11.3 Å². The summed E-state index contributed by atoms with van der Waals surface area (Å²) in [4.78, 5) is 22.1. The first-order valence-corrected chi connectivity index (χ1v) is 10.3. The maximum atomic E-state index is 14.1. The van der Waals surface area contributed by atoms with Gasteiger partial charge in [-0.2, -0.15) is 0 Å². The molecule has 1 aromatic carbocycles. The van der Waals surface area contributed by atoms with E-state index in [1.165, 1.54) is 10.9 Å². The monoisotopic (exact) mass is 389 g/mol. The topological polar surface area (TPSA) is 45.7 Å². The highest BCUT2D eigenvalue weighted by Crippen LogP contribution is 2.31. The third-order valence-corrected chi connectivity index (χ3v) is 6.27. The second-order valence-corrected chi connectivity index (χ2v) is 8.34. The first kappa shape index (κ1) is 18.5. The molecular formula is C20H24FN3O2S. The molecule has 27 heavy (non-hydrogen) atoms. The lowest BCUT2D eigenvalue weighted by atomic mass is 9.90. The molecule has 4 rings (SSSR count). The molecule has 0 aliphatic carbocycles. The molecule has 2 aliphatic heterocycles. The molecule has 0 bridgehead atoms. The van der Waals surface area contributed by atoms with Gasteiger partial charge in [0.2, 0.25) is 5.91 Å². The summed E-state index contributed by atoms with van der Waals surface area (Å²) >= 11 is 1.68. The second-order valence-electron chi connectivity index (χ2n) is 7.37. The summed E-state index contributed by atoms with van der Waals surface area (Å²) in [6.07, 6.45) is 4.05. The van der Waals surface area contributed by atoms with Gasteiger partial charge in [-0.1, -0.05) is 18.2 Å². The Bertz CT molecular complexity index is 775. The SMILES string of the molecule is O=C1CCOC2(CCN(Cc3cncs3)CC2)CN1Cc1ccccc1F. The van der Waals surface area contributed by atoms with Crippen molar-refractivity contribution < 1.29 is 13.9 Å². The van der Waals surface area contributed by atoms with Gasteiger partial charge in [-0.25, -0.2) is 4.39 Å². The lowest BCUT2D eigenvalue weighted by molar-refractivity contribution is -0.132. The number of rotatable bonds is 4. The Morgan fingerprint density at radius 1 is 1.22 bits per heavy atom. The Morgan fingerprint density at radius 3 is 2.78 bits per heavy atom. The minimum atomic E-state index is -0.318. The Balaban J connectivity index is 1.42. The highest BCUT2D eigenvalue weighted by atomic mass is 32.1. The summed E-state index contributed by atoms with van der Waals surface area (Å²) < 4.78 is 20.2. The molecule has 3 heterocycles. The van der Waals surface area contributed by atoms with Gasteiger partial charge < -0.3 is 9.64 Å². The van der Waals surface area contributed by atoms with E-state index >= 15 is 0 Å². The standard InChI is InChI=1S/C20H24FN3O2S/c21-18-4-2-1-3-16(18)12-24-14-20(26-10-5-19(24)25)6-8-23(9-7-20)13-17-11-22-15-27-17/h1-4,11,15H,5-10,12-14H2. The van der Waals surface area contributed by atoms with Gasteiger partial charge in [-0.3, -0.25) is 14.7 Å². The molecule has 144 valence electrons. The van der Waals surface area contributed by atoms with Crippen LogP contribution in [0.2, 0.25) is 0 Å². The summed E-state index contributed by atoms with van der Waals surface area (Å²) in [6, 6.07) is 6.68. The number of carbonyl (C=O) groups excluding carboxylic acids is 1. The molecule has 1 amide bonds. The van der Waals surface area contributed by atoms with E-state index in [9.17, 15) is 9.18 Å². The molecule has 1 spiro atoms. The number of benzene rings is 1. The zero-order valence-corrected chi connectivity index (χ0v) is 16.1. The largest absolute Gasteiger partial charge is 0.373 e. The molecule has 2 aromatic rings. The van der Waals surface area contributed by atoms with Crippen molar-refractivity contribution in [2.45, 2.75) is 38.0 Å². The van der Waals surface area contributed by atoms with Gasteiger partial charge in [0, 0.05) is 42.8 Å². The van der Waals surface area contributed by atoms with Crippen molar-refractivity contribution in [3.05, 3.63) is 52.2 Å². The van der Waals surface area contributed by atoms with Crippen LogP contribution in [0.3, 0.4) is 0 Å². The van der Waals surface area contributed by atoms with E-state index < -0.39 is 0 Å². The number of carbonyl (C=O) groups is 1. The fourth-order valence-electron chi connectivity index (χ4n) is 3.93.